The van der Waals surface area contributed by atoms with E-state index in [1.54, 1.807) is 0 Å². The van der Waals surface area contributed by atoms with E-state index in [1.165, 1.54) is 25.9 Å². The van der Waals surface area contributed by atoms with Gasteiger partial charge in [-0.1, -0.05) is 72.8 Å². The van der Waals surface area contributed by atoms with Crippen molar-refractivity contribution in [3.05, 3.63) is 106 Å². The molecule has 1 unspecified atom stereocenters. The summed E-state index contributed by atoms with van der Waals surface area (Å²) < 4.78 is 0.0472. The number of allylic oxidation sites excluding steroid dienone is 1. The van der Waals surface area contributed by atoms with Crippen molar-refractivity contribution in [3.8, 4) is 10.4 Å². The number of thioether (sulfide) groups is 1. The van der Waals surface area contributed by atoms with Crippen molar-refractivity contribution in [1.82, 2.24) is 0 Å². The molecule has 0 bridgehead atoms. The maximum Gasteiger partial charge on any atom is 0.0859 e. The topological polar surface area (TPSA) is 0 Å². The minimum Gasteiger partial charge on any atom is -0.146 e. The van der Waals surface area contributed by atoms with E-state index in [2.05, 4.69) is 101 Å². The van der Waals surface area contributed by atoms with Gasteiger partial charge in [-0.15, -0.1) is 34.4 Å². The van der Waals surface area contributed by atoms with Gasteiger partial charge in [0.15, 0.2) is 0 Å². The van der Waals surface area contributed by atoms with Crippen molar-refractivity contribution in [2.45, 2.75) is 10.9 Å². The Balaban J connectivity index is 1.73. The highest BCUT2D eigenvalue weighted by molar-refractivity contribution is 8.10. The van der Waals surface area contributed by atoms with Crippen molar-refractivity contribution >= 4 is 53.0 Å². The largest absolute Gasteiger partial charge is 0.146 e. The van der Waals surface area contributed by atoms with Gasteiger partial charge in [-0.25, -0.2) is 0 Å². The first-order valence-electron chi connectivity index (χ1n) is 9.23. The number of hydrogen-bond acceptors (Lipinski definition) is 3. The smallest absolute Gasteiger partial charge is 0.0859 e. The van der Waals surface area contributed by atoms with E-state index >= 15 is 0 Å². The van der Waals surface area contributed by atoms with Gasteiger partial charge in [0.2, 0.25) is 0 Å². The molecule has 2 aromatic heterocycles. The number of hydrogen-bond donors (Lipinski definition) is 0. The lowest BCUT2D eigenvalue weighted by Gasteiger charge is -2.38. The molecule has 0 saturated carbocycles. The van der Waals surface area contributed by atoms with Gasteiger partial charge in [-0.3, -0.25) is 0 Å². The number of thiophene rings is 2. The molecule has 138 valence electrons. The summed E-state index contributed by atoms with van der Waals surface area (Å²) in [5, 5.41) is 9.67. The van der Waals surface area contributed by atoms with Crippen LogP contribution >= 0.6 is 42.4 Å². The van der Waals surface area contributed by atoms with Crippen LogP contribution in [0.5, 0.6) is 0 Å². The van der Waals surface area contributed by atoms with E-state index in [1.807, 2.05) is 34.4 Å². The molecule has 4 aromatic rings. The van der Waals surface area contributed by atoms with Crippen molar-refractivity contribution < 1.29 is 0 Å². The molecule has 1 atom stereocenters. The van der Waals surface area contributed by atoms with Crippen LogP contribution in [0.15, 0.2) is 101 Å². The van der Waals surface area contributed by atoms with Gasteiger partial charge in [-0.05, 0) is 53.3 Å². The second-order valence-electron chi connectivity index (χ2n) is 6.63. The lowest BCUT2D eigenvalue weighted by Crippen LogP contribution is -2.28. The summed E-state index contributed by atoms with van der Waals surface area (Å²) in [5.74, 6) is 0. The second-order valence-corrected chi connectivity index (χ2v) is 12.5. The average molecular weight is 435 g/mol. The van der Waals surface area contributed by atoms with Crippen LogP contribution < -0.4 is 10.6 Å². The Morgan fingerprint density at radius 2 is 1.43 bits per heavy atom. The highest BCUT2D eigenvalue weighted by Gasteiger charge is 2.45. The normalized spacial score (nSPS) is 18.8. The summed E-state index contributed by atoms with van der Waals surface area (Å²) >= 11 is 5.78. The van der Waals surface area contributed by atoms with E-state index in [0.29, 0.717) is 0 Å². The highest BCUT2D eigenvalue weighted by Crippen LogP contribution is 2.68. The molecule has 0 aliphatic carbocycles. The third-order valence-corrected chi connectivity index (χ3v) is 11.9. The average Bonchev–Trinajstić information content (AvgIpc) is 3.51. The molecule has 0 amide bonds. The van der Waals surface area contributed by atoms with Crippen LogP contribution in [0.3, 0.4) is 0 Å². The first-order chi connectivity index (χ1) is 13.9. The number of benzene rings is 2. The van der Waals surface area contributed by atoms with Crippen molar-refractivity contribution in [3.63, 3.8) is 0 Å². The van der Waals surface area contributed by atoms with Crippen LogP contribution in [0, 0.1) is 0 Å². The molecule has 28 heavy (non-hydrogen) atoms. The Morgan fingerprint density at radius 3 is 2.00 bits per heavy atom. The molecular formula is C24H19PS3. The van der Waals surface area contributed by atoms with E-state index in [-0.39, 0.29) is 4.49 Å². The Bertz CT molecular complexity index is 1020. The lowest BCUT2D eigenvalue weighted by molar-refractivity contribution is 0.929. The Kier molecular flexibility index (Phi) is 5.26. The predicted octanol–water partition coefficient (Wildman–Crippen LogP) is 7.41. The van der Waals surface area contributed by atoms with Crippen LogP contribution in [0.25, 0.3) is 10.4 Å². The minimum absolute atomic E-state index is 0.0472. The standard InChI is InChI=1S/C24H19PS3/c1-3-9-19(10-4-1)25(20-11-5-2-6-12-20)24(15-8-17-28-24)23-21(14-18-27-23)22-13-7-16-26-22/h1-14,16-18H,15H2. The van der Waals surface area contributed by atoms with E-state index in [0.717, 1.165) is 6.42 Å². The first kappa shape index (κ1) is 18.4. The summed E-state index contributed by atoms with van der Waals surface area (Å²) in [6, 6.07) is 29.0. The monoisotopic (exact) mass is 434 g/mol. The van der Waals surface area contributed by atoms with Gasteiger partial charge in [0.1, 0.15) is 0 Å². The number of rotatable bonds is 5. The Labute approximate surface area is 179 Å². The fraction of sp³-hybridized carbons (Fsp3) is 0.0833. The van der Waals surface area contributed by atoms with Crippen LogP contribution in [0.1, 0.15) is 11.3 Å². The molecule has 1 aliphatic heterocycles. The van der Waals surface area contributed by atoms with Gasteiger partial charge in [0.05, 0.1) is 4.49 Å². The Hall–Kier alpha value is -1.64. The zero-order valence-electron chi connectivity index (χ0n) is 15.2. The van der Waals surface area contributed by atoms with Gasteiger partial charge in [-0.2, -0.15) is 0 Å². The maximum atomic E-state index is 2.36. The molecule has 3 heterocycles. The second kappa shape index (κ2) is 8.00. The predicted molar refractivity (Wildman–Crippen MR) is 130 cm³/mol. The van der Waals surface area contributed by atoms with Crippen LogP contribution in [0.2, 0.25) is 0 Å². The SMILES string of the molecule is C1=CSC(c2sccc2-c2cccs2)(P(c2ccccc2)c2ccccc2)C1. The molecule has 0 radical (unpaired) electrons. The minimum atomic E-state index is -0.563. The summed E-state index contributed by atoms with van der Waals surface area (Å²) in [7, 11) is -0.563. The van der Waals surface area contributed by atoms with Gasteiger partial charge >= 0.3 is 0 Å². The quantitative estimate of drug-likeness (QED) is 0.295. The van der Waals surface area contributed by atoms with Gasteiger partial charge in [0, 0.05) is 15.3 Å². The summed E-state index contributed by atoms with van der Waals surface area (Å²) in [4.78, 5) is 2.89. The Morgan fingerprint density at radius 1 is 0.714 bits per heavy atom. The zero-order valence-corrected chi connectivity index (χ0v) is 18.5. The molecular weight excluding hydrogens is 415 g/mol. The highest BCUT2D eigenvalue weighted by atomic mass is 32.2. The molecule has 0 N–H and O–H groups in total. The van der Waals surface area contributed by atoms with Crippen molar-refractivity contribution in [1.29, 1.82) is 0 Å². The zero-order chi connectivity index (χ0) is 18.8. The molecule has 0 nitrogen and oxygen atoms in total. The first-order valence-corrected chi connectivity index (χ1v) is 13.2. The maximum absolute atomic E-state index is 2.36. The molecule has 2 aromatic carbocycles. The van der Waals surface area contributed by atoms with Crippen LogP contribution in [-0.4, -0.2) is 0 Å². The van der Waals surface area contributed by atoms with Gasteiger partial charge < -0.3 is 0 Å². The van der Waals surface area contributed by atoms with Crippen molar-refractivity contribution in [2.75, 3.05) is 0 Å². The fourth-order valence-corrected chi connectivity index (χ4v) is 11.0. The molecule has 5 rings (SSSR count). The van der Waals surface area contributed by atoms with E-state index in [9.17, 15) is 0 Å². The molecule has 0 spiro atoms. The van der Waals surface area contributed by atoms with Crippen LogP contribution in [0.4, 0.5) is 0 Å². The molecule has 0 saturated heterocycles. The third-order valence-electron chi connectivity index (χ3n) is 4.95. The summed E-state index contributed by atoms with van der Waals surface area (Å²) in [5.41, 5.74) is 1.41. The molecule has 1 aliphatic rings. The van der Waals surface area contributed by atoms with Crippen molar-refractivity contribution in [2.24, 2.45) is 0 Å². The third kappa shape index (κ3) is 3.21. The fourth-order valence-electron chi connectivity index (χ4n) is 3.77. The summed E-state index contributed by atoms with van der Waals surface area (Å²) in [6.45, 7) is 0. The lowest BCUT2D eigenvalue weighted by atomic mass is 10.1. The van der Waals surface area contributed by atoms with E-state index < -0.39 is 7.92 Å². The van der Waals surface area contributed by atoms with E-state index in [4.69, 9.17) is 0 Å². The van der Waals surface area contributed by atoms with Gasteiger partial charge in [0.25, 0.3) is 0 Å². The van der Waals surface area contributed by atoms with Crippen LogP contribution in [-0.2, 0) is 4.49 Å². The molecule has 4 heteroatoms. The summed E-state index contributed by atoms with van der Waals surface area (Å²) in [6.07, 6.45) is 3.44. The molecule has 0 fully saturated rings.